The molecular formula is C15H31N3O4. The van der Waals surface area contributed by atoms with E-state index in [4.69, 9.17) is 10.5 Å². The van der Waals surface area contributed by atoms with E-state index in [1.54, 1.807) is 4.90 Å². The number of aliphatic hydroxyl groups excluding tert-OH is 1. The molecule has 0 aromatic carbocycles. The van der Waals surface area contributed by atoms with Crippen LogP contribution in [0, 0.1) is 16.7 Å². The van der Waals surface area contributed by atoms with Crippen molar-refractivity contribution < 1.29 is 22.7 Å². The molecule has 2 atom stereocenters. The molecule has 1 heterocycles. The Labute approximate surface area is 134 Å². The van der Waals surface area contributed by atoms with Gasteiger partial charge in [-0.05, 0) is 24.8 Å². The first-order chi connectivity index (χ1) is 10.2. The fourth-order valence-electron chi connectivity index (χ4n) is 2.70. The lowest BCUT2D eigenvalue weighted by Crippen LogP contribution is -2.47. The van der Waals surface area contributed by atoms with Crippen molar-refractivity contribution >= 4 is 17.6 Å². The summed E-state index contributed by atoms with van der Waals surface area (Å²) in [6, 6.07) is -0.431. The number of nitrogens with zero attached hydrogens (tertiary/aromatic N) is 1. The first-order valence-corrected chi connectivity index (χ1v) is 7.60. The van der Waals surface area contributed by atoms with Crippen molar-refractivity contribution in [2.75, 3.05) is 26.2 Å². The molecule has 22 heavy (non-hydrogen) atoms. The number of aliphatic carboxylic acids is 1. The van der Waals surface area contributed by atoms with Gasteiger partial charge in [0.05, 0.1) is 19.2 Å². The molecule has 1 amide bonds. The van der Waals surface area contributed by atoms with Gasteiger partial charge in [-0.15, -0.1) is 0 Å². The first kappa shape index (κ1) is 18.6. The molecule has 0 bridgehead atoms. The maximum atomic E-state index is 12.2. The largest absolute Gasteiger partial charge is 0.480 e. The number of nitrogens with one attached hydrogen (secondary N) is 2. The molecule has 0 aromatic rings. The third-order valence-electron chi connectivity index (χ3n) is 3.96. The fraction of sp³-hybridized carbons (Fsp3) is 0.800. The molecule has 1 fully saturated rings. The Morgan fingerprint density at radius 3 is 2.59 bits per heavy atom. The number of rotatable bonds is 7. The maximum Gasteiger partial charge on any atom is 0.317 e. The molecule has 7 heteroatoms. The second kappa shape index (κ2) is 7.69. The molecule has 0 radical (unpaired) electrons. The van der Waals surface area contributed by atoms with Gasteiger partial charge in [0.1, 0.15) is 0 Å². The van der Waals surface area contributed by atoms with Gasteiger partial charge >= 0.3 is 5.97 Å². The number of amides is 1. The van der Waals surface area contributed by atoms with Crippen LogP contribution in [0.1, 0.15) is 36.5 Å². The van der Waals surface area contributed by atoms with Gasteiger partial charge in [-0.2, -0.15) is 0 Å². The molecular weight excluding hydrogens is 286 g/mol. The molecule has 1 aliphatic rings. The van der Waals surface area contributed by atoms with Gasteiger partial charge in [0.15, 0.2) is 0 Å². The van der Waals surface area contributed by atoms with Crippen LogP contribution < -0.4 is 5.32 Å². The molecule has 1 rings (SSSR count). The number of carbonyl (C=O) groups excluding carboxylic acids is 1. The fourth-order valence-corrected chi connectivity index (χ4v) is 2.70. The van der Waals surface area contributed by atoms with E-state index in [1.807, 2.05) is 20.8 Å². The minimum absolute atomic E-state index is 0. The van der Waals surface area contributed by atoms with Crippen molar-refractivity contribution in [3.8, 4) is 0 Å². The van der Waals surface area contributed by atoms with E-state index in [-0.39, 0.29) is 33.9 Å². The van der Waals surface area contributed by atoms with Gasteiger partial charge in [0, 0.05) is 21.0 Å². The van der Waals surface area contributed by atoms with E-state index in [9.17, 15) is 14.7 Å². The molecule has 0 aromatic heterocycles. The lowest BCUT2D eigenvalue weighted by Gasteiger charge is -2.28. The van der Waals surface area contributed by atoms with E-state index in [0.29, 0.717) is 18.7 Å². The van der Waals surface area contributed by atoms with Crippen LogP contribution in [0.2, 0.25) is 0 Å². The van der Waals surface area contributed by atoms with Crippen molar-refractivity contribution in [3.63, 3.8) is 0 Å². The average Bonchev–Trinajstić information content (AvgIpc) is 2.85. The second-order valence-electron chi connectivity index (χ2n) is 6.81. The molecule has 1 saturated heterocycles. The zero-order valence-corrected chi connectivity index (χ0v) is 13.6. The zero-order valence-electron chi connectivity index (χ0n) is 13.6. The highest BCUT2D eigenvalue weighted by Gasteiger charge is 2.32. The topological polar surface area (TPSA) is 114 Å². The average molecular weight is 317 g/mol. The van der Waals surface area contributed by atoms with Crippen molar-refractivity contribution in [3.05, 3.63) is 0 Å². The standard InChI is InChI=1S/C15H27N3O4.2H2/c1-15(2,3)13(16)10(9-19)7-17-14(22)11-5-4-6-18(11)8-12(20)21;;/h10-11,16,19H,4-9H2,1-3H3,(H,17,22)(H,20,21);2*1H/t10?,11-;;/m0../s1. The van der Waals surface area contributed by atoms with Crippen molar-refractivity contribution in [1.29, 1.82) is 5.41 Å². The summed E-state index contributed by atoms with van der Waals surface area (Å²) < 4.78 is 0. The molecule has 1 unspecified atom stereocenters. The number of likely N-dealkylation sites (tertiary alicyclic amines) is 1. The minimum atomic E-state index is -0.942. The van der Waals surface area contributed by atoms with Crippen molar-refractivity contribution in [1.82, 2.24) is 10.2 Å². The Bertz CT molecular complexity index is 441. The van der Waals surface area contributed by atoms with E-state index in [2.05, 4.69) is 5.32 Å². The highest BCUT2D eigenvalue weighted by molar-refractivity contribution is 5.90. The Morgan fingerprint density at radius 2 is 2.09 bits per heavy atom. The summed E-state index contributed by atoms with van der Waals surface area (Å²) in [5, 5.41) is 29.1. The van der Waals surface area contributed by atoms with E-state index in [1.165, 1.54) is 0 Å². The van der Waals surface area contributed by atoms with E-state index in [0.717, 1.165) is 6.42 Å². The third kappa shape index (κ3) is 5.06. The van der Waals surface area contributed by atoms with Gasteiger partial charge in [0.2, 0.25) is 5.91 Å². The zero-order chi connectivity index (χ0) is 16.9. The smallest absolute Gasteiger partial charge is 0.317 e. The van der Waals surface area contributed by atoms with Crippen LogP contribution in [0.25, 0.3) is 0 Å². The van der Waals surface area contributed by atoms with Gasteiger partial charge in [-0.25, -0.2) is 0 Å². The van der Waals surface area contributed by atoms with Gasteiger partial charge in [0.25, 0.3) is 0 Å². The molecule has 7 nitrogen and oxygen atoms in total. The Morgan fingerprint density at radius 1 is 1.45 bits per heavy atom. The van der Waals surface area contributed by atoms with Crippen LogP contribution >= 0.6 is 0 Å². The van der Waals surface area contributed by atoms with E-state index >= 15 is 0 Å². The molecule has 4 N–H and O–H groups in total. The van der Waals surface area contributed by atoms with Crippen LogP contribution in [0.3, 0.4) is 0 Å². The molecule has 0 saturated carbocycles. The summed E-state index contributed by atoms with van der Waals surface area (Å²) in [6.07, 6.45) is 1.44. The lowest BCUT2D eigenvalue weighted by atomic mass is 9.82. The van der Waals surface area contributed by atoms with Gasteiger partial charge in [-0.1, -0.05) is 20.8 Å². The number of carbonyl (C=O) groups is 2. The van der Waals surface area contributed by atoms with Crippen molar-refractivity contribution in [2.24, 2.45) is 11.3 Å². The highest BCUT2D eigenvalue weighted by Crippen LogP contribution is 2.21. The second-order valence-corrected chi connectivity index (χ2v) is 6.81. The minimum Gasteiger partial charge on any atom is -0.480 e. The number of carboxylic acids is 1. The molecule has 130 valence electrons. The normalized spacial score (nSPS) is 20.6. The summed E-state index contributed by atoms with van der Waals surface area (Å²) >= 11 is 0. The van der Waals surface area contributed by atoms with E-state index < -0.39 is 17.9 Å². The van der Waals surface area contributed by atoms with Crippen molar-refractivity contribution in [2.45, 2.75) is 39.7 Å². The number of aliphatic hydroxyl groups is 1. The quantitative estimate of drug-likeness (QED) is 0.519. The molecule has 1 aliphatic heterocycles. The number of carboxylic acid groups (broad SMARTS) is 1. The molecule has 0 spiro atoms. The Hall–Kier alpha value is -1.47. The number of hydrogen-bond donors (Lipinski definition) is 4. The molecule has 0 aliphatic carbocycles. The van der Waals surface area contributed by atoms with Crippen LogP contribution in [-0.4, -0.2) is 65.0 Å². The Balaban J connectivity index is 0. The summed E-state index contributed by atoms with van der Waals surface area (Å²) in [5.41, 5.74) is 0.0324. The van der Waals surface area contributed by atoms with Crippen LogP contribution in [0.5, 0.6) is 0 Å². The monoisotopic (exact) mass is 317 g/mol. The summed E-state index contributed by atoms with van der Waals surface area (Å²) in [6.45, 7) is 6.15. The summed E-state index contributed by atoms with van der Waals surface area (Å²) in [4.78, 5) is 24.7. The summed E-state index contributed by atoms with van der Waals surface area (Å²) in [7, 11) is 0. The predicted molar refractivity (Wildman–Crippen MR) is 87.2 cm³/mol. The van der Waals surface area contributed by atoms with Gasteiger partial charge in [-0.3, -0.25) is 14.5 Å². The predicted octanol–water partition coefficient (Wildman–Crippen LogP) is 0.818. The summed E-state index contributed by atoms with van der Waals surface area (Å²) in [5.74, 6) is -1.58. The number of hydrogen-bond acceptors (Lipinski definition) is 5. The third-order valence-corrected chi connectivity index (χ3v) is 3.96. The highest BCUT2D eigenvalue weighted by atomic mass is 16.4. The van der Waals surface area contributed by atoms with Crippen LogP contribution in [0.4, 0.5) is 0 Å². The SMILES string of the molecule is CC(C)(C)C(=N)C(CO)CNC(=O)[C@@H]1CCCN1CC(=O)O.[HH].[HH]. The van der Waals surface area contributed by atoms with Crippen LogP contribution in [-0.2, 0) is 9.59 Å². The van der Waals surface area contributed by atoms with Gasteiger partial charge < -0.3 is 20.9 Å². The maximum absolute atomic E-state index is 12.2. The Kier molecular flexibility index (Phi) is 6.49. The lowest BCUT2D eigenvalue weighted by molar-refractivity contribution is -0.139. The van der Waals surface area contributed by atoms with Crippen LogP contribution in [0.15, 0.2) is 0 Å². The first-order valence-electron chi connectivity index (χ1n) is 7.60.